The first-order valence-electron chi connectivity index (χ1n) is 6.01. The van der Waals surface area contributed by atoms with Crippen molar-refractivity contribution < 1.29 is 9.53 Å². The average molecular weight is 279 g/mol. The molecule has 0 aliphatic heterocycles. The Morgan fingerprint density at radius 2 is 2.05 bits per heavy atom. The summed E-state index contributed by atoms with van der Waals surface area (Å²) in [5, 5.41) is 0.583. The zero-order valence-corrected chi connectivity index (χ0v) is 11.8. The van der Waals surface area contributed by atoms with Crippen LogP contribution in [0, 0.1) is 6.92 Å². The zero-order chi connectivity index (χ0) is 14.0. The molecule has 0 unspecified atom stereocenters. The van der Waals surface area contributed by atoms with Crippen molar-refractivity contribution in [2.45, 2.75) is 26.9 Å². The number of nitrogens with one attached hydrogen (secondary N) is 1. The Kier molecular flexibility index (Phi) is 3.90. The number of esters is 1. The number of halogens is 1. The second kappa shape index (κ2) is 5.45. The van der Waals surface area contributed by atoms with Crippen LogP contribution in [0.4, 0.5) is 0 Å². The fourth-order valence-corrected chi connectivity index (χ4v) is 1.94. The highest BCUT2D eigenvalue weighted by atomic mass is 35.5. The van der Waals surface area contributed by atoms with Gasteiger partial charge in [-0.2, -0.15) is 0 Å². The van der Waals surface area contributed by atoms with Crippen LogP contribution >= 0.6 is 11.6 Å². The van der Waals surface area contributed by atoms with Crippen molar-refractivity contribution in [3.8, 4) is 11.4 Å². The number of aromatic nitrogens is 2. The molecule has 1 aromatic carbocycles. The molecule has 0 atom stereocenters. The lowest BCUT2D eigenvalue weighted by Gasteiger charge is -2.05. The summed E-state index contributed by atoms with van der Waals surface area (Å²) in [6.45, 7) is 5.38. The van der Waals surface area contributed by atoms with Crippen LogP contribution in [0.1, 0.15) is 30.0 Å². The molecule has 2 aromatic rings. The van der Waals surface area contributed by atoms with Crippen molar-refractivity contribution in [3.63, 3.8) is 0 Å². The molecule has 0 saturated heterocycles. The molecule has 2 rings (SSSR count). The molecule has 5 heteroatoms. The minimum Gasteiger partial charge on any atom is -0.458 e. The normalized spacial score (nSPS) is 10.8. The van der Waals surface area contributed by atoms with Crippen molar-refractivity contribution in [2.24, 2.45) is 0 Å². The third-order valence-corrected chi connectivity index (χ3v) is 2.88. The molecule has 0 fully saturated rings. The van der Waals surface area contributed by atoms with E-state index in [0.29, 0.717) is 22.2 Å². The molecule has 1 aromatic heterocycles. The summed E-state index contributed by atoms with van der Waals surface area (Å²) < 4.78 is 5.14. The Morgan fingerprint density at radius 1 is 1.37 bits per heavy atom. The SMILES string of the molecule is Cc1[nH]c(-c2ccccc2Cl)nc1C(=O)OC(C)C. The third-order valence-electron chi connectivity index (χ3n) is 2.55. The number of rotatable bonds is 3. The van der Waals surface area contributed by atoms with Gasteiger partial charge in [0.15, 0.2) is 5.69 Å². The number of ether oxygens (including phenoxy) is 1. The Labute approximate surface area is 116 Å². The molecular formula is C14H15ClN2O2. The minimum absolute atomic E-state index is 0.174. The van der Waals surface area contributed by atoms with Crippen LogP contribution in [0.2, 0.25) is 5.02 Å². The number of aryl methyl sites for hydroxylation is 1. The van der Waals surface area contributed by atoms with E-state index >= 15 is 0 Å². The molecule has 0 aliphatic rings. The molecule has 0 amide bonds. The largest absolute Gasteiger partial charge is 0.458 e. The van der Waals surface area contributed by atoms with Gasteiger partial charge in [0.05, 0.1) is 11.1 Å². The van der Waals surface area contributed by atoms with Gasteiger partial charge in [-0.25, -0.2) is 9.78 Å². The summed E-state index contributed by atoms with van der Waals surface area (Å²) in [5.74, 6) is 0.140. The highest BCUT2D eigenvalue weighted by Crippen LogP contribution is 2.26. The molecule has 100 valence electrons. The summed E-state index contributed by atoms with van der Waals surface area (Å²) in [5.41, 5.74) is 1.72. The van der Waals surface area contributed by atoms with Crippen LogP contribution in [-0.4, -0.2) is 22.0 Å². The standard InChI is InChI=1S/C14H15ClN2O2/c1-8(2)19-14(18)12-9(3)16-13(17-12)10-6-4-5-7-11(10)15/h4-8H,1-3H3,(H,16,17). The number of carbonyl (C=O) groups is 1. The molecule has 0 spiro atoms. The van der Waals surface area contributed by atoms with Crippen LogP contribution in [0.15, 0.2) is 24.3 Å². The topological polar surface area (TPSA) is 55.0 Å². The van der Waals surface area contributed by atoms with Gasteiger partial charge in [-0.1, -0.05) is 23.7 Å². The molecule has 4 nitrogen and oxygen atoms in total. The number of carbonyl (C=O) groups excluding carboxylic acids is 1. The van der Waals surface area contributed by atoms with Crippen LogP contribution in [0.3, 0.4) is 0 Å². The predicted octanol–water partition coefficient (Wildman–Crippen LogP) is 3.60. The number of H-pyrrole nitrogens is 1. The van der Waals surface area contributed by atoms with Gasteiger partial charge >= 0.3 is 5.97 Å². The van der Waals surface area contributed by atoms with Crippen LogP contribution in [0.25, 0.3) is 11.4 Å². The predicted molar refractivity (Wildman–Crippen MR) is 74.3 cm³/mol. The summed E-state index contributed by atoms with van der Waals surface area (Å²) in [6, 6.07) is 7.33. The van der Waals surface area contributed by atoms with Gasteiger partial charge in [0.2, 0.25) is 0 Å². The lowest BCUT2D eigenvalue weighted by Crippen LogP contribution is -2.13. The van der Waals surface area contributed by atoms with E-state index < -0.39 is 5.97 Å². The number of hydrogen-bond acceptors (Lipinski definition) is 3. The molecule has 1 N–H and O–H groups in total. The lowest BCUT2D eigenvalue weighted by molar-refractivity contribution is 0.0370. The quantitative estimate of drug-likeness (QED) is 0.873. The maximum atomic E-state index is 11.9. The van der Waals surface area contributed by atoms with Crippen molar-refractivity contribution in [1.29, 1.82) is 0 Å². The van der Waals surface area contributed by atoms with E-state index in [1.807, 2.05) is 18.2 Å². The molecule has 19 heavy (non-hydrogen) atoms. The van der Waals surface area contributed by atoms with Gasteiger partial charge in [-0.15, -0.1) is 0 Å². The number of benzene rings is 1. The van der Waals surface area contributed by atoms with E-state index in [1.54, 1.807) is 26.8 Å². The van der Waals surface area contributed by atoms with E-state index in [0.717, 1.165) is 5.56 Å². The number of imidazole rings is 1. The monoisotopic (exact) mass is 278 g/mol. The van der Waals surface area contributed by atoms with Crippen LogP contribution in [-0.2, 0) is 4.74 Å². The Bertz CT molecular complexity index is 605. The smallest absolute Gasteiger partial charge is 0.359 e. The Balaban J connectivity index is 2.37. The van der Waals surface area contributed by atoms with Crippen LogP contribution in [0.5, 0.6) is 0 Å². The maximum Gasteiger partial charge on any atom is 0.359 e. The summed E-state index contributed by atoms with van der Waals surface area (Å²) in [7, 11) is 0. The maximum absolute atomic E-state index is 11.9. The van der Waals surface area contributed by atoms with Gasteiger partial charge in [0, 0.05) is 11.3 Å². The van der Waals surface area contributed by atoms with Crippen molar-refractivity contribution in [3.05, 3.63) is 40.7 Å². The summed E-state index contributed by atoms with van der Waals surface area (Å²) in [4.78, 5) is 19.2. The van der Waals surface area contributed by atoms with E-state index in [4.69, 9.17) is 16.3 Å². The molecule has 0 bridgehead atoms. The molecule has 0 saturated carbocycles. The van der Waals surface area contributed by atoms with Gasteiger partial charge in [-0.3, -0.25) is 0 Å². The van der Waals surface area contributed by atoms with E-state index in [9.17, 15) is 4.79 Å². The molecule has 0 aliphatic carbocycles. The minimum atomic E-state index is -0.429. The number of hydrogen-bond donors (Lipinski definition) is 1. The molecule has 0 radical (unpaired) electrons. The van der Waals surface area contributed by atoms with Gasteiger partial charge < -0.3 is 9.72 Å². The first-order chi connectivity index (χ1) is 8.99. The number of nitrogens with zero attached hydrogens (tertiary/aromatic N) is 1. The average Bonchev–Trinajstić information content (AvgIpc) is 2.71. The van der Waals surface area contributed by atoms with E-state index in [1.165, 1.54) is 0 Å². The highest BCUT2D eigenvalue weighted by Gasteiger charge is 2.18. The summed E-state index contributed by atoms with van der Waals surface area (Å²) in [6.07, 6.45) is -0.174. The fraction of sp³-hybridized carbons (Fsp3) is 0.286. The Morgan fingerprint density at radius 3 is 2.68 bits per heavy atom. The van der Waals surface area contributed by atoms with Crippen LogP contribution < -0.4 is 0 Å². The first-order valence-corrected chi connectivity index (χ1v) is 6.39. The van der Waals surface area contributed by atoms with Crippen molar-refractivity contribution >= 4 is 17.6 Å². The first kappa shape index (κ1) is 13.6. The Hall–Kier alpha value is -1.81. The molecular weight excluding hydrogens is 264 g/mol. The number of aromatic amines is 1. The second-order valence-corrected chi connectivity index (χ2v) is 4.90. The fourth-order valence-electron chi connectivity index (χ4n) is 1.71. The second-order valence-electron chi connectivity index (χ2n) is 4.49. The highest BCUT2D eigenvalue weighted by molar-refractivity contribution is 6.33. The van der Waals surface area contributed by atoms with E-state index in [2.05, 4.69) is 9.97 Å². The van der Waals surface area contributed by atoms with Gasteiger partial charge in [0.25, 0.3) is 0 Å². The lowest BCUT2D eigenvalue weighted by atomic mass is 10.2. The zero-order valence-electron chi connectivity index (χ0n) is 11.0. The van der Waals surface area contributed by atoms with Gasteiger partial charge in [-0.05, 0) is 32.9 Å². The van der Waals surface area contributed by atoms with Crippen molar-refractivity contribution in [1.82, 2.24) is 9.97 Å². The van der Waals surface area contributed by atoms with Gasteiger partial charge in [0.1, 0.15) is 5.82 Å². The van der Waals surface area contributed by atoms with Crippen molar-refractivity contribution in [2.75, 3.05) is 0 Å². The third kappa shape index (κ3) is 2.96. The summed E-state index contributed by atoms with van der Waals surface area (Å²) >= 11 is 6.11. The molecule has 1 heterocycles. The van der Waals surface area contributed by atoms with E-state index in [-0.39, 0.29) is 6.10 Å².